The summed E-state index contributed by atoms with van der Waals surface area (Å²) in [6.45, 7) is 0. The van der Waals surface area contributed by atoms with Crippen LogP contribution in [-0.2, 0) is 0 Å². The highest BCUT2D eigenvalue weighted by Crippen LogP contribution is 2.35. The van der Waals surface area contributed by atoms with Gasteiger partial charge in [-0.1, -0.05) is 0 Å². The van der Waals surface area contributed by atoms with E-state index in [4.69, 9.17) is 10.5 Å². The molecular weight excluding hydrogens is 382 g/mol. The van der Waals surface area contributed by atoms with Crippen LogP contribution in [-0.4, -0.2) is 12.9 Å². The van der Waals surface area contributed by atoms with E-state index in [2.05, 4.69) is 31.9 Å². The third kappa shape index (κ3) is 2.60. The highest BCUT2D eigenvalue weighted by atomic mass is 79.9. The number of anilines is 1. The van der Waals surface area contributed by atoms with E-state index < -0.39 is 0 Å². The van der Waals surface area contributed by atoms with Crippen LogP contribution in [0.3, 0.4) is 0 Å². The molecule has 0 saturated carbocycles. The number of ketones is 1. The summed E-state index contributed by atoms with van der Waals surface area (Å²) in [5.74, 6) is 0.422. The summed E-state index contributed by atoms with van der Waals surface area (Å²) in [6, 6.07) is 6.80. The number of carbonyl (C=O) groups excluding carboxylic acids is 1. The number of hydrogen-bond acceptors (Lipinski definition) is 4. The molecule has 6 heteroatoms. The predicted molar refractivity (Wildman–Crippen MR) is 80.6 cm³/mol. The van der Waals surface area contributed by atoms with Crippen molar-refractivity contribution in [1.82, 2.24) is 0 Å². The molecule has 0 atom stereocenters. The Kier molecular flexibility index (Phi) is 4.09. The Morgan fingerprint density at radius 1 is 1.33 bits per heavy atom. The molecule has 1 aromatic carbocycles. The van der Waals surface area contributed by atoms with Gasteiger partial charge in [0.15, 0.2) is 0 Å². The summed E-state index contributed by atoms with van der Waals surface area (Å²) in [5.41, 5.74) is 6.72. The molecule has 0 unspecified atom stereocenters. The molecule has 0 aliphatic carbocycles. The number of thiophene rings is 1. The molecule has 0 bridgehead atoms. The van der Waals surface area contributed by atoms with Gasteiger partial charge in [0.05, 0.1) is 21.3 Å². The number of benzene rings is 1. The van der Waals surface area contributed by atoms with Crippen LogP contribution in [0.25, 0.3) is 0 Å². The molecule has 0 aliphatic heterocycles. The van der Waals surface area contributed by atoms with Crippen LogP contribution in [0.2, 0.25) is 0 Å². The molecule has 0 spiro atoms. The summed E-state index contributed by atoms with van der Waals surface area (Å²) >= 11 is 8.10. The van der Waals surface area contributed by atoms with E-state index >= 15 is 0 Å². The Labute approximate surface area is 125 Å². The molecular formula is C12H9Br2NO2S. The zero-order valence-corrected chi connectivity index (χ0v) is 13.4. The Bertz CT molecular complexity index is 591. The minimum Gasteiger partial charge on any atom is -0.496 e. The third-order valence-corrected chi connectivity index (χ3v) is 5.59. The first-order valence-electron chi connectivity index (χ1n) is 4.96. The second-order valence-corrected chi connectivity index (χ2v) is 6.75. The molecule has 0 aliphatic rings. The Morgan fingerprint density at radius 3 is 2.61 bits per heavy atom. The zero-order chi connectivity index (χ0) is 13.3. The lowest BCUT2D eigenvalue weighted by Crippen LogP contribution is -2.03. The number of methoxy groups -OCH3 is 1. The van der Waals surface area contributed by atoms with E-state index in [1.54, 1.807) is 24.3 Å². The van der Waals surface area contributed by atoms with Crippen LogP contribution in [0.5, 0.6) is 5.75 Å². The highest BCUT2D eigenvalue weighted by molar-refractivity contribution is 9.13. The number of hydrogen-bond donors (Lipinski definition) is 1. The molecule has 1 heterocycles. The van der Waals surface area contributed by atoms with E-state index in [1.165, 1.54) is 18.4 Å². The molecule has 0 fully saturated rings. The van der Waals surface area contributed by atoms with Gasteiger partial charge in [-0.05, 0) is 56.1 Å². The van der Waals surface area contributed by atoms with Gasteiger partial charge >= 0.3 is 0 Å². The van der Waals surface area contributed by atoms with Gasteiger partial charge in [-0.3, -0.25) is 4.79 Å². The van der Waals surface area contributed by atoms with Crippen molar-refractivity contribution >= 4 is 54.7 Å². The number of nitrogens with two attached hydrogens (primary N) is 1. The lowest BCUT2D eigenvalue weighted by atomic mass is 10.1. The number of nitrogen functional groups attached to an aromatic ring is 1. The van der Waals surface area contributed by atoms with E-state index in [0.717, 1.165) is 8.26 Å². The molecule has 3 nitrogen and oxygen atoms in total. The SMILES string of the molecule is COc1ccc(N)cc1C(=O)c1cc(Br)c(Br)s1. The van der Waals surface area contributed by atoms with Crippen molar-refractivity contribution in [1.29, 1.82) is 0 Å². The van der Waals surface area contributed by atoms with Crippen molar-refractivity contribution in [2.75, 3.05) is 12.8 Å². The van der Waals surface area contributed by atoms with Crippen molar-refractivity contribution in [2.24, 2.45) is 0 Å². The predicted octanol–water partition coefficient (Wildman–Crippen LogP) is 4.09. The first-order chi connectivity index (χ1) is 8.52. The van der Waals surface area contributed by atoms with Gasteiger partial charge in [-0.25, -0.2) is 0 Å². The van der Waals surface area contributed by atoms with E-state index in [-0.39, 0.29) is 5.78 Å². The monoisotopic (exact) mass is 389 g/mol. The fourth-order valence-electron chi connectivity index (χ4n) is 1.49. The molecule has 0 amide bonds. The average molecular weight is 391 g/mol. The normalized spacial score (nSPS) is 10.4. The second kappa shape index (κ2) is 5.42. The second-order valence-electron chi connectivity index (χ2n) is 3.52. The van der Waals surface area contributed by atoms with Crippen LogP contribution >= 0.6 is 43.2 Å². The molecule has 0 saturated heterocycles. The van der Waals surface area contributed by atoms with Crippen molar-refractivity contribution in [3.63, 3.8) is 0 Å². The quantitative estimate of drug-likeness (QED) is 0.634. The fraction of sp³-hybridized carbons (Fsp3) is 0.0833. The third-order valence-electron chi connectivity index (χ3n) is 2.34. The molecule has 2 N–H and O–H groups in total. The summed E-state index contributed by atoms with van der Waals surface area (Å²) in [5, 5.41) is 0. The van der Waals surface area contributed by atoms with E-state index in [0.29, 0.717) is 21.9 Å². The topological polar surface area (TPSA) is 52.3 Å². The van der Waals surface area contributed by atoms with Crippen LogP contribution in [0, 0.1) is 0 Å². The molecule has 0 radical (unpaired) electrons. The van der Waals surface area contributed by atoms with Gasteiger partial charge in [0, 0.05) is 10.2 Å². The average Bonchev–Trinajstić information content (AvgIpc) is 2.68. The van der Waals surface area contributed by atoms with E-state index in [1.807, 2.05) is 0 Å². The maximum atomic E-state index is 12.4. The first kappa shape index (κ1) is 13.6. The summed E-state index contributed by atoms with van der Waals surface area (Å²) < 4.78 is 6.93. The minimum atomic E-state index is -0.101. The number of carbonyl (C=O) groups is 1. The first-order valence-corrected chi connectivity index (χ1v) is 7.36. The fourth-order valence-corrected chi connectivity index (χ4v) is 3.48. The molecule has 2 aromatic rings. The maximum absolute atomic E-state index is 12.4. The van der Waals surface area contributed by atoms with Crippen molar-refractivity contribution in [3.05, 3.63) is 43.0 Å². The summed E-state index contributed by atoms with van der Waals surface area (Å²) in [7, 11) is 1.53. The van der Waals surface area contributed by atoms with Gasteiger partial charge in [0.1, 0.15) is 5.75 Å². The largest absolute Gasteiger partial charge is 0.496 e. The van der Waals surface area contributed by atoms with Crippen molar-refractivity contribution < 1.29 is 9.53 Å². The summed E-state index contributed by atoms with van der Waals surface area (Å²) in [4.78, 5) is 13.0. The number of rotatable bonds is 3. The van der Waals surface area contributed by atoms with Gasteiger partial charge in [0.2, 0.25) is 5.78 Å². The Balaban J connectivity index is 2.48. The maximum Gasteiger partial charge on any atom is 0.206 e. The lowest BCUT2D eigenvalue weighted by molar-refractivity contribution is 0.103. The number of halogens is 2. The Hall–Kier alpha value is -0.850. The van der Waals surface area contributed by atoms with Gasteiger partial charge in [-0.15, -0.1) is 11.3 Å². The van der Waals surface area contributed by atoms with Gasteiger partial charge < -0.3 is 10.5 Å². The molecule has 94 valence electrons. The van der Waals surface area contributed by atoms with Crippen molar-refractivity contribution in [3.8, 4) is 5.75 Å². The standard InChI is InChI=1S/C12H9Br2NO2S/c1-17-9-3-2-6(15)4-7(9)11(16)10-5-8(13)12(14)18-10/h2-5H,15H2,1H3. The molecule has 1 aromatic heterocycles. The van der Waals surface area contributed by atoms with Crippen LogP contribution in [0.4, 0.5) is 5.69 Å². The van der Waals surface area contributed by atoms with Gasteiger partial charge in [-0.2, -0.15) is 0 Å². The number of ether oxygens (including phenoxy) is 1. The zero-order valence-electron chi connectivity index (χ0n) is 9.37. The molecule has 18 heavy (non-hydrogen) atoms. The van der Waals surface area contributed by atoms with E-state index in [9.17, 15) is 4.79 Å². The van der Waals surface area contributed by atoms with Crippen molar-refractivity contribution in [2.45, 2.75) is 0 Å². The smallest absolute Gasteiger partial charge is 0.206 e. The van der Waals surface area contributed by atoms with Crippen LogP contribution in [0.15, 0.2) is 32.5 Å². The molecule has 2 rings (SSSR count). The highest BCUT2D eigenvalue weighted by Gasteiger charge is 2.18. The van der Waals surface area contributed by atoms with Crippen LogP contribution in [0.1, 0.15) is 15.2 Å². The van der Waals surface area contributed by atoms with Gasteiger partial charge in [0.25, 0.3) is 0 Å². The Morgan fingerprint density at radius 2 is 2.06 bits per heavy atom. The van der Waals surface area contributed by atoms with Crippen LogP contribution < -0.4 is 10.5 Å². The minimum absolute atomic E-state index is 0.101. The lowest BCUT2D eigenvalue weighted by Gasteiger charge is -2.07. The summed E-state index contributed by atoms with van der Waals surface area (Å²) in [6.07, 6.45) is 0.